The van der Waals surface area contributed by atoms with E-state index in [0.29, 0.717) is 12.0 Å². The monoisotopic (exact) mass is 252 g/mol. The molecule has 18 heavy (non-hydrogen) atoms. The second-order valence-electron chi connectivity index (χ2n) is 5.93. The summed E-state index contributed by atoms with van der Waals surface area (Å²) >= 11 is 0. The summed E-state index contributed by atoms with van der Waals surface area (Å²) in [5.74, 6) is 0.655. The van der Waals surface area contributed by atoms with Crippen LogP contribution in [0.15, 0.2) is 0 Å². The number of rotatable bonds is 10. The average Bonchev–Trinajstić information content (AvgIpc) is 3.13. The zero-order valence-corrected chi connectivity index (χ0v) is 12.2. The largest absolute Gasteiger partial charge is 0.381 e. The molecule has 3 nitrogen and oxygen atoms in total. The predicted molar refractivity (Wildman–Crippen MR) is 74.3 cm³/mol. The van der Waals surface area contributed by atoms with E-state index in [1.807, 2.05) is 6.92 Å². The average molecular weight is 252 g/mol. The summed E-state index contributed by atoms with van der Waals surface area (Å²) in [6, 6.07) is 2.99. The highest BCUT2D eigenvalue weighted by Gasteiger charge is 2.31. The molecule has 0 aliphatic heterocycles. The topological polar surface area (TPSA) is 45.0 Å². The number of nitrogens with zero attached hydrogens (tertiary/aromatic N) is 1. The van der Waals surface area contributed by atoms with E-state index in [0.717, 1.165) is 26.1 Å². The number of hydrogen-bond acceptors (Lipinski definition) is 3. The summed E-state index contributed by atoms with van der Waals surface area (Å²) in [7, 11) is 0. The van der Waals surface area contributed by atoms with E-state index in [1.54, 1.807) is 0 Å². The lowest BCUT2D eigenvalue weighted by atomic mass is 9.98. The first-order valence-corrected chi connectivity index (χ1v) is 7.36. The van der Waals surface area contributed by atoms with E-state index in [4.69, 9.17) is 4.74 Å². The van der Waals surface area contributed by atoms with Crippen LogP contribution in [0.4, 0.5) is 0 Å². The number of nitriles is 1. The van der Waals surface area contributed by atoms with Gasteiger partial charge in [0.1, 0.15) is 5.54 Å². The molecule has 1 saturated carbocycles. The molecule has 2 atom stereocenters. The highest BCUT2D eigenvalue weighted by atomic mass is 16.5. The van der Waals surface area contributed by atoms with Gasteiger partial charge in [-0.3, -0.25) is 5.32 Å². The summed E-state index contributed by atoms with van der Waals surface area (Å²) in [5, 5.41) is 12.6. The molecular formula is C15H28N2O. The second-order valence-corrected chi connectivity index (χ2v) is 5.93. The third-order valence-electron chi connectivity index (χ3n) is 3.50. The van der Waals surface area contributed by atoms with Gasteiger partial charge in [0.05, 0.1) is 6.07 Å². The second kappa shape index (κ2) is 7.76. The van der Waals surface area contributed by atoms with Crippen LogP contribution in [0.1, 0.15) is 59.3 Å². The van der Waals surface area contributed by atoms with Crippen LogP contribution in [0, 0.1) is 17.2 Å². The van der Waals surface area contributed by atoms with E-state index in [9.17, 15) is 5.26 Å². The quantitative estimate of drug-likeness (QED) is 0.607. The molecule has 0 spiro atoms. The van der Waals surface area contributed by atoms with Crippen LogP contribution in [0.3, 0.4) is 0 Å². The van der Waals surface area contributed by atoms with Gasteiger partial charge >= 0.3 is 0 Å². The Morgan fingerprint density at radius 2 is 2.22 bits per heavy atom. The minimum atomic E-state index is -0.362. The van der Waals surface area contributed by atoms with Crippen molar-refractivity contribution in [1.29, 1.82) is 5.26 Å². The van der Waals surface area contributed by atoms with Crippen LogP contribution < -0.4 is 5.32 Å². The molecule has 0 amide bonds. The third-order valence-corrected chi connectivity index (χ3v) is 3.50. The summed E-state index contributed by atoms with van der Waals surface area (Å²) in [6.45, 7) is 8.08. The lowest BCUT2D eigenvalue weighted by Crippen LogP contribution is -2.42. The van der Waals surface area contributed by atoms with Crippen molar-refractivity contribution in [1.82, 2.24) is 5.32 Å². The van der Waals surface area contributed by atoms with Gasteiger partial charge in [0, 0.05) is 19.3 Å². The van der Waals surface area contributed by atoms with Crippen molar-refractivity contribution in [2.75, 3.05) is 13.2 Å². The van der Waals surface area contributed by atoms with Crippen LogP contribution in [0.25, 0.3) is 0 Å². The Hall–Kier alpha value is -0.590. The summed E-state index contributed by atoms with van der Waals surface area (Å²) in [6.07, 6.45) is 6.75. The van der Waals surface area contributed by atoms with Gasteiger partial charge < -0.3 is 4.74 Å². The normalized spacial score (nSPS) is 20.1. The fraction of sp³-hybridized carbons (Fsp3) is 0.933. The number of ether oxygens (including phenoxy) is 1. The van der Waals surface area contributed by atoms with E-state index < -0.39 is 0 Å². The van der Waals surface area contributed by atoms with Gasteiger partial charge in [-0.2, -0.15) is 5.26 Å². The minimum Gasteiger partial charge on any atom is -0.381 e. The van der Waals surface area contributed by atoms with Crippen molar-refractivity contribution >= 4 is 0 Å². The van der Waals surface area contributed by atoms with E-state index in [2.05, 4.69) is 25.2 Å². The zero-order valence-electron chi connectivity index (χ0n) is 12.2. The maximum atomic E-state index is 9.22. The Morgan fingerprint density at radius 3 is 2.78 bits per heavy atom. The van der Waals surface area contributed by atoms with Gasteiger partial charge in [-0.15, -0.1) is 0 Å². The SMILES string of the molecule is CCCC(C)COCCCC(C)(C#N)NC1CC1. The Balaban J connectivity index is 2.06. The van der Waals surface area contributed by atoms with E-state index >= 15 is 0 Å². The summed E-state index contributed by atoms with van der Waals surface area (Å²) < 4.78 is 5.67. The van der Waals surface area contributed by atoms with Crippen molar-refractivity contribution in [3.63, 3.8) is 0 Å². The molecule has 3 heteroatoms. The van der Waals surface area contributed by atoms with Crippen LogP contribution in [0.2, 0.25) is 0 Å². The molecule has 1 aliphatic carbocycles. The molecule has 1 N–H and O–H groups in total. The van der Waals surface area contributed by atoms with E-state index in [1.165, 1.54) is 25.7 Å². The first-order chi connectivity index (χ1) is 8.59. The highest BCUT2D eigenvalue weighted by molar-refractivity contribution is 5.06. The smallest absolute Gasteiger partial charge is 0.104 e. The summed E-state index contributed by atoms with van der Waals surface area (Å²) in [5.41, 5.74) is -0.362. The van der Waals surface area contributed by atoms with Crippen molar-refractivity contribution in [2.45, 2.75) is 70.9 Å². The minimum absolute atomic E-state index is 0.362. The Bertz CT molecular complexity index is 270. The molecule has 1 fully saturated rings. The number of nitrogens with one attached hydrogen (secondary N) is 1. The van der Waals surface area contributed by atoms with Gasteiger partial charge in [0.15, 0.2) is 0 Å². The molecule has 0 aromatic rings. The lowest BCUT2D eigenvalue weighted by Gasteiger charge is -2.23. The summed E-state index contributed by atoms with van der Waals surface area (Å²) in [4.78, 5) is 0. The molecule has 0 radical (unpaired) electrons. The van der Waals surface area contributed by atoms with Crippen molar-refractivity contribution < 1.29 is 4.74 Å². The van der Waals surface area contributed by atoms with Gasteiger partial charge in [-0.1, -0.05) is 20.3 Å². The van der Waals surface area contributed by atoms with Crippen LogP contribution in [0.5, 0.6) is 0 Å². The standard InChI is InChI=1S/C15H28N2O/c1-4-6-13(2)11-18-10-5-9-15(3,12-16)17-14-7-8-14/h13-14,17H,4-11H2,1-3H3. The molecular weight excluding hydrogens is 224 g/mol. The molecule has 0 aromatic carbocycles. The van der Waals surface area contributed by atoms with Crippen molar-refractivity contribution in [3.05, 3.63) is 0 Å². The highest BCUT2D eigenvalue weighted by Crippen LogP contribution is 2.24. The molecule has 2 unspecified atom stereocenters. The van der Waals surface area contributed by atoms with Crippen LogP contribution in [-0.2, 0) is 4.74 Å². The number of hydrogen-bond donors (Lipinski definition) is 1. The predicted octanol–water partition coefficient (Wildman–Crippen LogP) is 3.25. The Kier molecular flexibility index (Phi) is 6.67. The van der Waals surface area contributed by atoms with E-state index in [-0.39, 0.29) is 5.54 Å². The fourth-order valence-corrected chi connectivity index (χ4v) is 2.23. The first kappa shape index (κ1) is 15.5. The van der Waals surface area contributed by atoms with Crippen molar-refractivity contribution in [3.8, 4) is 6.07 Å². The Labute approximate surface area is 112 Å². The van der Waals surface area contributed by atoms with Gasteiger partial charge in [-0.25, -0.2) is 0 Å². The molecule has 0 saturated heterocycles. The van der Waals surface area contributed by atoms with Crippen molar-refractivity contribution in [2.24, 2.45) is 5.92 Å². The van der Waals surface area contributed by atoms with Gasteiger partial charge in [0.2, 0.25) is 0 Å². The zero-order chi connectivity index (χ0) is 13.4. The molecule has 104 valence electrons. The lowest BCUT2D eigenvalue weighted by molar-refractivity contribution is 0.0955. The first-order valence-electron chi connectivity index (χ1n) is 7.36. The van der Waals surface area contributed by atoms with Crippen LogP contribution >= 0.6 is 0 Å². The maximum absolute atomic E-state index is 9.22. The van der Waals surface area contributed by atoms with Crippen LogP contribution in [-0.4, -0.2) is 24.8 Å². The molecule has 0 bridgehead atoms. The maximum Gasteiger partial charge on any atom is 0.104 e. The van der Waals surface area contributed by atoms with Gasteiger partial charge in [0.25, 0.3) is 0 Å². The molecule has 0 aromatic heterocycles. The molecule has 0 heterocycles. The third kappa shape index (κ3) is 6.37. The van der Waals surface area contributed by atoms with Gasteiger partial charge in [-0.05, 0) is 44.9 Å². The molecule has 1 rings (SSSR count). The fourth-order valence-electron chi connectivity index (χ4n) is 2.23. The Morgan fingerprint density at radius 1 is 1.50 bits per heavy atom. The molecule has 1 aliphatic rings.